The Morgan fingerprint density at radius 2 is 2.25 bits per heavy atom. The van der Waals surface area contributed by atoms with Crippen LogP contribution >= 0.6 is 31.9 Å². The lowest BCUT2D eigenvalue weighted by Crippen LogP contribution is -2.19. The molecule has 0 aromatic heterocycles. The summed E-state index contributed by atoms with van der Waals surface area (Å²) in [6.07, 6.45) is -0.611. The fourth-order valence-corrected chi connectivity index (χ4v) is 1.23. The van der Waals surface area contributed by atoms with E-state index in [-0.39, 0.29) is 0 Å². The standard InChI is InChI=1S/C4H5Br2NO/c5-1-4(8)3(6)2-7/h3-4,8H,1H2/t3-,4-/m0/s1. The first-order valence-corrected chi connectivity index (χ1v) is 4.03. The molecule has 0 aliphatic heterocycles. The fraction of sp³-hybridized carbons (Fsp3) is 0.750. The van der Waals surface area contributed by atoms with E-state index in [1.54, 1.807) is 0 Å². The van der Waals surface area contributed by atoms with Crippen LogP contribution in [0.4, 0.5) is 0 Å². The van der Waals surface area contributed by atoms with Crippen molar-refractivity contribution < 1.29 is 5.11 Å². The second-order valence-corrected chi connectivity index (χ2v) is 2.89. The molecule has 2 atom stereocenters. The highest BCUT2D eigenvalue weighted by atomic mass is 79.9. The Hall–Kier alpha value is 0.410. The molecule has 0 aliphatic rings. The van der Waals surface area contributed by atoms with Crippen molar-refractivity contribution in [3.05, 3.63) is 0 Å². The maximum atomic E-state index is 8.81. The highest BCUT2D eigenvalue weighted by Gasteiger charge is 2.11. The van der Waals surface area contributed by atoms with Crippen molar-refractivity contribution in [3.8, 4) is 6.07 Å². The minimum atomic E-state index is -0.611. The van der Waals surface area contributed by atoms with Gasteiger partial charge in [0.15, 0.2) is 0 Å². The number of hydrogen-bond acceptors (Lipinski definition) is 2. The first-order valence-electron chi connectivity index (χ1n) is 2.00. The van der Waals surface area contributed by atoms with Gasteiger partial charge in [0.05, 0.1) is 12.2 Å². The number of alkyl halides is 2. The van der Waals surface area contributed by atoms with Gasteiger partial charge in [-0.25, -0.2) is 0 Å². The van der Waals surface area contributed by atoms with Crippen molar-refractivity contribution in [2.75, 3.05) is 5.33 Å². The third-order valence-electron chi connectivity index (χ3n) is 0.619. The monoisotopic (exact) mass is 241 g/mol. The highest BCUT2D eigenvalue weighted by Crippen LogP contribution is 2.05. The van der Waals surface area contributed by atoms with E-state index in [0.29, 0.717) is 5.33 Å². The van der Waals surface area contributed by atoms with Gasteiger partial charge in [-0.2, -0.15) is 5.26 Å². The number of hydrogen-bond donors (Lipinski definition) is 1. The van der Waals surface area contributed by atoms with E-state index in [1.807, 2.05) is 6.07 Å². The van der Waals surface area contributed by atoms with E-state index in [1.165, 1.54) is 0 Å². The van der Waals surface area contributed by atoms with Gasteiger partial charge < -0.3 is 5.11 Å². The van der Waals surface area contributed by atoms with Crippen molar-refractivity contribution in [3.63, 3.8) is 0 Å². The summed E-state index contributed by atoms with van der Waals surface area (Å²) >= 11 is 5.99. The van der Waals surface area contributed by atoms with E-state index >= 15 is 0 Å². The molecular weight excluding hydrogens is 238 g/mol. The van der Waals surface area contributed by atoms with E-state index in [4.69, 9.17) is 10.4 Å². The summed E-state index contributed by atoms with van der Waals surface area (Å²) in [5.41, 5.74) is 0. The molecule has 0 amide bonds. The average molecular weight is 243 g/mol. The van der Waals surface area contributed by atoms with Crippen molar-refractivity contribution in [2.24, 2.45) is 0 Å². The summed E-state index contributed by atoms with van der Waals surface area (Å²) < 4.78 is 0. The van der Waals surface area contributed by atoms with Crippen LogP contribution in [0.5, 0.6) is 0 Å². The third-order valence-corrected chi connectivity index (χ3v) is 2.10. The van der Waals surface area contributed by atoms with Gasteiger partial charge in [0.2, 0.25) is 0 Å². The predicted molar refractivity (Wildman–Crippen MR) is 38.1 cm³/mol. The van der Waals surface area contributed by atoms with E-state index in [2.05, 4.69) is 31.9 Å². The summed E-state index contributed by atoms with van der Waals surface area (Å²) in [5.74, 6) is 0. The van der Waals surface area contributed by atoms with Gasteiger partial charge >= 0.3 is 0 Å². The molecule has 0 spiro atoms. The van der Waals surface area contributed by atoms with Crippen LogP contribution in [0.25, 0.3) is 0 Å². The molecule has 0 aromatic carbocycles. The number of aliphatic hydroxyl groups is 1. The molecule has 0 radical (unpaired) electrons. The lowest BCUT2D eigenvalue weighted by atomic mass is 10.3. The number of aliphatic hydroxyl groups excluding tert-OH is 1. The van der Waals surface area contributed by atoms with E-state index < -0.39 is 10.9 Å². The summed E-state index contributed by atoms with van der Waals surface area (Å²) in [7, 11) is 0. The molecule has 0 unspecified atom stereocenters. The fourth-order valence-electron chi connectivity index (χ4n) is 0.164. The van der Waals surface area contributed by atoms with Gasteiger partial charge in [0.1, 0.15) is 4.83 Å². The summed E-state index contributed by atoms with van der Waals surface area (Å²) in [4.78, 5) is -0.457. The van der Waals surface area contributed by atoms with Crippen LogP contribution in [0.3, 0.4) is 0 Å². The first kappa shape index (κ1) is 8.41. The van der Waals surface area contributed by atoms with Crippen molar-refractivity contribution in [1.82, 2.24) is 0 Å². The number of halogens is 2. The van der Waals surface area contributed by atoms with Crippen molar-refractivity contribution in [2.45, 2.75) is 10.9 Å². The minimum Gasteiger partial charge on any atom is -0.390 e. The number of rotatable bonds is 2. The molecule has 0 heterocycles. The van der Waals surface area contributed by atoms with Crippen LogP contribution in [0, 0.1) is 11.3 Å². The third kappa shape index (κ3) is 2.65. The number of nitrogens with zero attached hydrogens (tertiary/aromatic N) is 1. The van der Waals surface area contributed by atoms with E-state index in [9.17, 15) is 0 Å². The van der Waals surface area contributed by atoms with Gasteiger partial charge in [-0.05, 0) is 0 Å². The van der Waals surface area contributed by atoms with Gasteiger partial charge in [-0.15, -0.1) is 0 Å². The Balaban J connectivity index is 3.49. The van der Waals surface area contributed by atoms with Crippen molar-refractivity contribution >= 4 is 31.9 Å². The Labute approximate surface area is 64.8 Å². The number of nitriles is 1. The minimum absolute atomic E-state index is 0.427. The lowest BCUT2D eigenvalue weighted by Gasteiger charge is -2.04. The largest absolute Gasteiger partial charge is 0.390 e. The highest BCUT2D eigenvalue weighted by molar-refractivity contribution is 9.10. The second-order valence-electron chi connectivity index (χ2n) is 1.25. The molecule has 0 bridgehead atoms. The molecule has 46 valence electrons. The van der Waals surface area contributed by atoms with Gasteiger partial charge in [-0.1, -0.05) is 31.9 Å². The van der Waals surface area contributed by atoms with Gasteiger partial charge in [0, 0.05) is 5.33 Å². The Kier molecular flexibility index (Phi) is 4.53. The molecule has 0 aliphatic carbocycles. The molecule has 4 heteroatoms. The zero-order valence-electron chi connectivity index (χ0n) is 4.01. The predicted octanol–water partition coefficient (Wildman–Crippen LogP) is 1.03. The molecule has 2 nitrogen and oxygen atoms in total. The van der Waals surface area contributed by atoms with Crippen LogP contribution in [0.1, 0.15) is 0 Å². The molecular formula is C4H5Br2NO. The zero-order chi connectivity index (χ0) is 6.57. The average Bonchev–Trinajstić information content (AvgIpc) is 1.84. The molecule has 1 N–H and O–H groups in total. The summed E-state index contributed by atoms with van der Waals surface area (Å²) in [6.45, 7) is 0. The molecule has 0 saturated carbocycles. The topological polar surface area (TPSA) is 44.0 Å². The van der Waals surface area contributed by atoms with Gasteiger partial charge in [0.25, 0.3) is 0 Å². The summed E-state index contributed by atoms with van der Waals surface area (Å²) in [6, 6.07) is 1.85. The Bertz CT molecular complexity index is 101. The molecule has 0 aromatic rings. The van der Waals surface area contributed by atoms with Crippen LogP contribution in [0.15, 0.2) is 0 Å². The maximum Gasteiger partial charge on any atom is 0.128 e. The lowest BCUT2D eigenvalue weighted by molar-refractivity contribution is 0.213. The molecule has 0 saturated heterocycles. The SMILES string of the molecule is N#C[C@H](Br)[C@@H](O)CBr. The molecule has 0 rings (SSSR count). The smallest absolute Gasteiger partial charge is 0.128 e. The van der Waals surface area contributed by atoms with E-state index in [0.717, 1.165) is 0 Å². The Morgan fingerprint density at radius 3 is 2.38 bits per heavy atom. The van der Waals surface area contributed by atoms with Crippen LogP contribution in [-0.4, -0.2) is 21.4 Å². The van der Waals surface area contributed by atoms with Crippen LogP contribution in [0.2, 0.25) is 0 Å². The van der Waals surface area contributed by atoms with Crippen molar-refractivity contribution in [1.29, 1.82) is 5.26 Å². The quantitative estimate of drug-likeness (QED) is 0.736. The molecule has 0 fully saturated rings. The summed E-state index contributed by atoms with van der Waals surface area (Å²) in [5, 5.41) is 17.4. The second kappa shape index (κ2) is 4.30. The van der Waals surface area contributed by atoms with Crippen LogP contribution < -0.4 is 0 Å². The van der Waals surface area contributed by atoms with Crippen LogP contribution in [-0.2, 0) is 0 Å². The molecule has 8 heavy (non-hydrogen) atoms. The zero-order valence-corrected chi connectivity index (χ0v) is 7.18. The normalized spacial score (nSPS) is 16.8. The first-order chi connectivity index (χ1) is 3.72. The Morgan fingerprint density at radius 1 is 1.75 bits per heavy atom. The maximum absolute atomic E-state index is 8.81. The van der Waals surface area contributed by atoms with Gasteiger partial charge in [-0.3, -0.25) is 0 Å².